The number of rotatable bonds is 2. The van der Waals surface area contributed by atoms with Gasteiger partial charge in [0, 0.05) is 22.1 Å². The Labute approximate surface area is 142 Å². The van der Waals surface area contributed by atoms with E-state index in [1.807, 2.05) is 26.8 Å². The minimum Gasteiger partial charge on any atom is -0.507 e. The van der Waals surface area contributed by atoms with Crippen molar-refractivity contribution in [2.75, 3.05) is 0 Å². The Morgan fingerprint density at radius 1 is 1.29 bits per heavy atom. The number of hydrogen-bond donors (Lipinski definition) is 2. The second-order valence-electron chi connectivity index (χ2n) is 7.90. The van der Waals surface area contributed by atoms with Gasteiger partial charge in [-0.2, -0.15) is 0 Å². The van der Waals surface area contributed by atoms with Crippen molar-refractivity contribution in [2.45, 2.75) is 46.1 Å². The molecule has 0 bridgehead atoms. The number of Topliss-reactive ketones (excluding diaryl/α,β-unsaturated/α-hetero) is 2. The summed E-state index contributed by atoms with van der Waals surface area (Å²) in [6.45, 7) is 9.54. The second kappa shape index (κ2) is 5.28. The third-order valence-electron chi connectivity index (χ3n) is 6.18. The SMILES string of the molecule is C=CCC1=C(O)C2=C(C(=O)C1=O)C1(C)CCC(O)C(C)(C)C1C=C2. The van der Waals surface area contributed by atoms with Gasteiger partial charge in [0.1, 0.15) is 5.76 Å². The lowest BCUT2D eigenvalue weighted by Crippen LogP contribution is -2.53. The summed E-state index contributed by atoms with van der Waals surface area (Å²) in [5.74, 6) is -1.33. The van der Waals surface area contributed by atoms with Crippen LogP contribution in [0.3, 0.4) is 0 Å². The first-order valence-electron chi connectivity index (χ1n) is 8.39. The van der Waals surface area contributed by atoms with Crippen molar-refractivity contribution in [2.24, 2.45) is 16.7 Å². The average Bonchev–Trinajstić information content (AvgIpc) is 2.52. The molecule has 3 aliphatic rings. The predicted molar refractivity (Wildman–Crippen MR) is 91.3 cm³/mol. The first-order valence-corrected chi connectivity index (χ1v) is 8.39. The van der Waals surface area contributed by atoms with Gasteiger partial charge in [-0.15, -0.1) is 6.58 Å². The van der Waals surface area contributed by atoms with Crippen molar-refractivity contribution in [1.29, 1.82) is 0 Å². The first-order chi connectivity index (χ1) is 11.2. The van der Waals surface area contributed by atoms with E-state index in [0.717, 1.165) is 0 Å². The summed E-state index contributed by atoms with van der Waals surface area (Å²) >= 11 is 0. The zero-order valence-corrected chi connectivity index (χ0v) is 14.4. The minimum absolute atomic E-state index is 0.0713. The highest BCUT2D eigenvalue weighted by molar-refractivity contribution is 6.50. The van der Waals surface area contributed by atoms with Crippen LogP contribution in [-0.4, -0.2) is 27.9 Å². The van der Waals surface area contributed by atoms with Crippen LogP contribution in [-0.2, 0) is 9.59 Å². The van der Waals surface area contributed by atoms with Crippen molar-refractivity contribution in [3.8, 4) is 0 Å². The lowest BCUT2D eigenvalue weighted by molar-refractivity contribution is -0.134. The molecular weight excluding hydrogens is 304 g/mol. The number of fused-ring (bicyclic) bond motifs is 2. The third-order valence-corrected chi connectivity index (χ3v) is 6.18. The van der Waals surface area contributed by atoms with Gasteiger partial charge in [-0.05, 0) is 30.6 Å². The van der Waals surface area contributed by atoms with E-state index in [1.165, 1.54) is 6.08 Å². The van der Waals surface area contributed by atoms with Crippen LogP contribution < -0.4 is 0 Å². The largest absolute Gasteiger partial charge is 0.507 e. The third kappa shape index (κ3) is 2.02. The lowest BCUT2D eigenvalue weighted by atomic mass is 9.50. The molecule has 4 heteroatoms. The molecule has 4 nitrogen and oxygen atoms in total. The first kappa shape index (κ1) is 16.9. The number of allylic oxidation sites excluding steroid dienone is 5. The minimum atomic E-state index is -0.634. The highest BCUT2D eigenvalue weighted by Gasteiger charge is 2.56. The van der Waals surface area contributed by atoms with Crippen LogP contribution in [0.15, 0.2) is 47.3 Å². The Kier molecular flexibility index (Phi) is 3.72. The molecule has 0 radical (unpaired) electrons. The van der Waals surface area contributed by atoms with Gasteiger partial charge in [-0.1, -0.05) is 39.0 Å². The summed E-state index contributed by atoms with van der Waals surface area (Å²) in [6.07, 6.45) is 6.11. The normalized spacial score (nSPS) is 35.0. The zero-order valence-electron chi connectivity index (χ0n) is 14.4. The molecule has 0 spiro atoms. The molecule has 0 aliphatic heterocycles. The zero-order chi connectivity index (χ0) is 17.9. The number of carbonyl (C=O) groups is 2. The molecule has 3 atom stereocenters. The molecule has 0 heterocycles. The molecule has 1 fully saturated rings. The number of aliphatic hydroxyl groups is 2. The monoisotopic (exact) mass is 328 g/mol. The van der Waals surface area contributed by atoms with Gasteiger partial charge in [0.2, 0.25) is 11.6 Å². The van der Waals surface area contributed by atoms with E-state index in [1.54, 1.807) is 6.08 Å². The van der Waals surface area contributed by atoms with Gasteiger partial charge in [0.15, 0.2) is 0 Å². The number of aliphatic hydroxyl groups excluding tert-OH is 2. The second-order valence-corrected chi connectivity index (χ2v) is 7.90. The Morgan fingerprint density at radius 3 is 2.58 bits per heavy atom. The molecule has 0 saturated heterocycles. The van der Waals surface area contributed by atoms with Gasteiger partial charge in [-0.25, -0.2) is 0 Å². The predicted octanol–water partition coefficient (Wildman–Crippen LogP) is 3.20. The van der Waals surface area contributed by atoms with Gasteiger partial charge in [0.05, 0.1) is 6.10 Å². The fraction of sp³-hybridized carbons (Fsp3) is 0.500. The van der Waals surface area contributed by atoms with Gasteiger partial charge < -0.3 is 10.2 Å². The van der Waals surface area contributed by atoms with E-state index >= 15 is 0 Å². The molecule has 24 heavy (non-hydrogen) atoms. The van der Waals surface area contributed by atoms with E-state index < -0.39 is 28.5 Å². The summed E-state index contributed by atoms with van der Waals surface area (Å²) in [5.41, 5.74) is 0.0162. The van der Waals surface area contributed by atoms with Crippen LogP contribution in [0.25, 0.3) is 0 Å². The standard InChI is InChI=1S/C20H24O4/c1-5-6-12-16(22)11-7-8-13-19(2,3)14(21)9-10-20(13,4)15(11)18(24)17(12)23/h5,7-8,13-14,21-22H,1,6,9-10H2,2-4H3. The van der Waals surface area contributed by atoms with E-state index in [9.17, 15) is 19.8 Å². The fourth-order valence-corrected chi connectivity index (χ4v) is 4.75. The van der Waals surface area contributed by atoms with E-state index in [4.69, 9.17) is 0 Å². The van der Waals surface area contributed by atoms with Crippen molar-refractivity contribution < 1.29 is 19.8 Å². The molecular formula is C20H24O4. The molecule has 128 valence electrons. The van der Waals surface area contributed by atoms with E-state index in [2.05, 4.69) is 6.58 Å². The summed E-state index contributed by atoms with van der Waals surface area (Å²) in [5, 5.41) is 21.0. The average molecular weight is 328 g/mol. The highest BCUT2D eigenvalue weighted by Crippen LogP contribution is 2.59. The van der Waals surface area contributed by atoms with Crippen molar-refractivity contribution >= 4 is 11.6 Å². The number of carbonyl (C=O) groups excluding carboxylic acids is 2. The maximum atomic E-state index is 12.9. The lowest BCUT2D eigenvalue weighted by Gasteiger charge is -2.54. The van der Waals surface area contributed by atoms with E-state index in [-0.39, 0.29) is 23.7 Å². The van der Waals surface area contributed by atoms with Crippen molar-refractivity contribution in [3.63, 3.8) is 0 Å². The summed E-state index contributed by atoms with van der Waals surface area (Å²) < 4.78 is 0. The molecule has 3 unspecified atom stereocenters. The fourth-order valence-electron chi connectivity index (χ4n) is 4.75. The summed E-state index contributed by atoms with van der Waals surface area (Å²) in [6, 6.07) is 0. The Morgan fingerprint density at radius 2 is 1.96 bits per heavy atom. The van der Waals surface area contributed by atoms with Crippen LogP contribution in [0.1, 0.15) is 40.0 Å². The van der Waals surface area contributed by atoms with Gasteiger partial charge in [-0.3, -0.25) is 9.59 Å². The molecule has 0 aromatic heterocycles. The Hall–Kier alpha value is -1.94. The van der Waals surface area contributed by atoms with Crippen LogP contribution >= 0.6 is 0 Å². The molecule has 2 N–H and O–H groups in total. The topological polar surface area (TPSA) is 74.6 Å². The van der Waals surface area contributed by atoms with Crippen LogP contribution in [0.5, 0.6) is 0 Å². The molecule has 0 aromatic rings. The molecule has 0 aromatic carbocycles. The number of ketones is 2. The van der Waals surface area contributed by atoms with Crippen molar-refractivity contribution in [3.05, 3.63) is 47.3 Å². The van der Waals surface area contributed by atoms with Crippen LogP contribution in [0.2, 0.25) is 0 Å². The number of hydrogen-bond acceptors (Lipinski definition) is 4. The molecule has 0 amide bonds. The quantitative estimate of drug-likeness (QED) is 0.464. The molecule has 3 aliphatic carbocycles. The van der Waals surface area contributed by atoms with Crippen LogP contribution in [0.4, 0.5) is 0 Å². The smallest absolute Gasteiger partial charge is 0.233 e. The summed E-state index contributed by atoms with van der Waals surface area (Å²) in [7, 11) is 0. The molecule has 1 saturated carbocycles. The Bertz CT molecular complexity index is 735. The van der Waals surface area contributed by atoms with Crippen molar-refractivity contribution in [1.82, 2.24) is 0 Å². The highest BCUT2D eigenvalue weighted by atomic mass is 16.3. The Balaban J connectivity index is 2.20. The summed E-state index contributed by atoms with van der Waals surface area (Å²) in [4.78, 5) is 25.4. The maximum Gasteiger partial charge on any atom is 0.233 e. The molecule has 3 rings (SSSR count). The van der Waals surface area contributed by atoms with Crippen LogP contribution in [0, 0.1) is 16.7 Å². The van der Waals surface area contributed by atoms with Gasteiger partial charge in [0.25, 0.3) is 0 Å². The maximum absolute atomic E-state index is 12.9. The van der Waals surface area contributed by atoms with Gasteiger partial charge >= 0.3 is 0 Å². The van der Waals surface area contributed by atoms with E-state index in [0.29, 0.717) is 24.0 Å².